The van der Waals surface area contributed by atoms with Crippen molar-refractivity contribution in [3.63, 3.8) is 0 Å². The summed E-state index contributed by atoms with van der Waals surface area (Å²) >= 11 is 0. The van der Waals surface area contributed by atoms with Crippen molar-refractivity contribution in [2.75, 3.05) is 19.6 Å². The number of nitrogens with one attached hydrogen (secondary N) is 2. The number of carbonyl (C=O) groups is 3. The van der Waals surface area contributed by atoms with Crippen LogP contribution >= 0.6 is 0 Å². The molecule has 0 aliphatic rings. The molecular formula is C27H30N4O7. The van der Waals surface area contributed by atoms with E-state index in [4.69, 9.17) is 4.74 Å². The molecule has 11 heteroatoms. The number of aromatic nitrogens is 2. The Balaban J connectivity index is 1.66. The van der Waals surface area contributed by atoms with Gasteiger partial charge in [-0.25, -0.2) is 9.59 Å². The molecule has 2 aromatic carbocycles. The Bertz CT molecular complexity index is 1360. The number of carbonyl (C=O) groups excluding carboxylic acids is 2. The first kappa shape index (κ1) is 27.9. The first-order valence-corrected chi connectivity index (χ1v) is 11.9. The van der Waals surface area contributed by atoms with Crippen molar-refractivity contribution >= 4 is 18.0 Å². The minimum absolute atomic E-state index is 0.0914. The van der Waals surface area contributed by atoms with Gasteiger partial charge < -0.3 is 20.1 Å². The highest BCUT2D eigenvalue weighted by Gasteiger charge is 2.21. The number of H-pyrrole nitrogens is 1. The van der Waals surface area contributed by atoms with E-state index in [2.05, 4.69) is 10.3 Å². The number of nitrogens with zero attached hydrogens (tertiary/aromatic N) is 2. The number of ether oxygens (including phenoxy) is 1. The van der Waals surface area contributed by atoms with E-state index in [0.29, 0.717) is 0 Å². The van der Waals surface area contributed by atoms with Gasteiger partial charge in [0.2, 0.25) is 5.91 Å². The van der Waals surface area contributed by atoms with Gasteiger partial charge in [0, 0.05) is 24.8 Å². The van der Waals surface area contributed by atoms with Crippen LogP contribution in [0.25, 0.3) is 0 Å². The number of hydrogen-bond acceptors (Lipinski definition) is 6. The van der Waals surface area contributed by atoms with E-state index in [1.54, 1.807) is 0 Å². The number of alkyl carbamates (subject to hydrolysis) is 1. The fourth-order valence-electron chi connectivity index (χ4n) is 3.69. The minimum Gasteiger partial charge on any atom is -0.480 e. The topological polar surface area (TPSA) is 151 Å². The summed E-state index contributed by atoms with van der Waals surface area (Å²) in [4.78, 5) is 63.4. The molecule has 0 bridgehead atoms. The monoisotopic (exact) mass is 522 g/mol. The molecule has 11 nitrogen and oxygen atoms in total. The summed E-state index contributed by atoms with van der Waals surface area (Å²) in [6.45, 7) is 4.04. The second-order valence-corrected chi connectivity index (χ2v) is 8.94. The van der Waals surface area contributed by atoms with E-state index in [9.17, 15) is 29.1 Å². The molecule has 0 fully saturated rings. The van der Waals surface area contributed by atoms with Gasteiger partial charge in [-0.3, -0.25) is 23.9 Å². The first-order chi connectivity index (χ1) is 18.0. The van der Waals surface area contributed by atoms with Crippen LogP contribution in [0.15, 0.2) is 64.3 Å². The van der Waals surface area contributed by atoms with Crippen LogP contribution in [0.4, 0.5) is 4.79 Å². The summed E-state index contributed by atoms with van der Waals surface area (Å²) in [6.07, 6.45) is -0.196. The van der Waals surface area contributed by atoms with Crippen molar-refractivity contribution in [2.24, 2.45) is 0 Å². The number of hydrogen-bond donors (Lipinski definition) is 3. The number of aromatic amines is 1. The lowest BCUT2D eigenvalue weighted by Crippen LogP contribution is -2.44. The van der Waals surface area contributed by atoms with Crippen molar-refractivity contribution < 1.29 is 24.2 Å². The molecule has 0 spiro atoms. The molecule has 3 rings (SSSR count). The zero-order chi connectivity index (χ0) is 27.8. The van der Waals surface area contributed by atoms with Crippen molar-refractivity contribution in [2.45, 2.75) is 33.4 Å². The summed E-state index contributed by atoms with van der Waals surface area (Å²) in [7, 11) is 0. The average Bonchev–Trinajstić information content (AvgIpc) is 2.86. The molecule has 0 aliphatic carbocycles. The van der Waals surface area contributed by atoms with Gasteiger partial charge >= 0.3 is 17.8 Å². The predicted octanol–water partition coefficient (Wildman–Crippen LogP) is 1.89. The van der Waals surface area contributed by atoms with Gasteiger partial charge in [0.05, 0.1) is 0 Å². The van der Waals surface area contributed by atoms with E-state index < -0.39 is 48.4 Å². The number of benzene rings is 2. The van der Waals surface area contributed by atoms with Crippen LogP contribution in [-0.4, -0.2) is 57.2 Å². The average molecular weight is 523 g/mol. The quantitative estimate of drug-likeness (QED) is 0.368. The number of aliphatic carboxylic acids is 1. The molecule has 0 saturated carbocycles. The van der Waals surface area contributed by atoms with Gasteiger partial charge in [-0.05, 0) is 31.9 Å². The van der Waals surface area contributed by atoms with Gasteiger partial charge in [0.25, 0.3) is 5.56 Å². The lowest BCUT2D eigenvalue weighted by Gasteiger charge is -2.22. The van der Waals surface area contributed by atoms with Crippen molar-refractivity contribution in [3.8, 4) is 0 Å². The normalized spacial score (nSPS) is 10.7. The van der Waals surface area contributed by atoms with Crippen LogP contribution in [0.5, 0.6) is 0 Å². The zero-order valence-corrected chi connectivity index (χ0v) is 21.4. The summed E-state index contributed by atoms with van der Waals surface area (Å²) in [5.41, 5.74) is 2.54. The number of rotatable bonds is 10. The van der Waals surface area contributed by atoms with Gasteiger partial charge in [-0.1, -0.05) is 59.7 Å². The fourth-order valence-corrected chi connectivity index (χ4v) is 3.69. The van der Waals surface area contributed by atoms with E-state index >= 15 is 0 Å². The maximum absolute atomic E-state index is 12.7. The third-order valence-corrected chi connectivity index (χ3v) is 5.81. The third kappa shape index (κ3) is 7.66. The molecule has 38 heavy (non-hydrogen) atoms. The molecule has 1 aromatic heterocycles. The highest BCUT2D eigenvalue weighted by atomic mass is 16.6. The smallest absolute Gasteiger partial charge is 0.408 e. The van der Waals surface area contributed by atoms with Crippen LogP contribution in [0, 0.1) is 20.8 Å². The van der Waals surface area contributed by atoms with Crippen LogP contribution in [-0.2, 0) is 20.9 Å². The molecule has 0 saturated heterocycles. The Labute approximate surface area is 218 Å². The highest BCUT2D eigenvalue weighted by Crippen LogP contribution is 2.26. The van der Waals surface area contributed by atoms with Crippen LogP contribution in [0.3, 0.4) is 0 Å². The SMILES string of the molecule is Cc1ccc(C(OC(=O)NCCN(CC(=O)O)C(=O)Cn2cc(C)c(=O)[nH]c2=O)c2ccc(C)cc2)cc1. The lowest BCUT2D eigenvalue weighted by molar-refractivity contribution is -0.144. The molecule has 0 aliphatic heterocycles. The van der Waals surface area contributed by atoms with Crippen molar-refractivity contribution in [1.82, 2.24) is 19.8 Å². The maximum Gasteiger partial charge on any atom is 0.408 e. The number of carboxylic acids is 1. The van der Waals surface area contributed by atoms with Gasteiger partial charge in [-0.2, -0.15) is 0 Å². The Hall–Kier alpha value is -4.67. The van der Waals surface area contributed by atoms with Crippen LogP contribution in [0.2, 0.25) is 0 Å². The zero-order valence-electron chi connectivity index (χ0n) is 21.4. The lowest BCUT2D eigenvalue weighted by atomic mass is 9.99. The highest BCUT2D eigenvalue weighted by molar-refractivity contribution is 5.81. The molecule has 3 aromatic rings. The Morgan fingerprint density at radius 1 is 0.974 bits per heavy atom. The van der Waals surface area contributed by atoms with E-state index in [1.807, 2.05) is 62.4 Å². The van der Waals surface area contributed by atoms with Gasteiger partial charge in [0.1, 0.15) is 13.1 Å². The largest absolute Gasteiger partial charge is 0.480 e. The Morgan fingerprint density at radius 3 is 2.05 bits per heavy atom. The van der Waals surface area contributed by atoms with E-state index in [-0.39, 0.29) is 18.7 Å². The number of amides is 2. The molecule has 1 heterocycles. The van der Waals surface area contributed by atoms with Gasteiger partial charge in [-0.15, -0.1) is 0 Å². The fraction of sp³-hybridized carbons (Fsp3) is 0.296. The minimum atomic E-state index is -1.26. The van der Waals surface area contributed by atoms with Crippen LogP contribution < -0.4 is 16.6 Å². The Kier molecular flexibility index (Phi) is 9.20. The summed E-state index contributed by atoms with van der Waals surface area (Å²) in [5, 5.41) is 11.8. The molecule has 200 valence electrons. The Morgan fingerprint density at radius 2 is 1.53 bits per heavy atom. The summed E-state index contributed by atoms with van der Waals surface area (Å²) in [5.74, 6) is -1.93. The van der Waals surface area contributed by atoms with E-state index in [0.717, 1.165) is 31.7 Å². The molecule has 2 amide bonds. The van der Waals surface area contributed by atoms with Gasteiger partial charge in [0.15, 0.2) is 6.10 Å². The summed E-state index contributed by atoms with van der Waals surface area (Å²) < 4.78 is 6.70. The third-order valence-electron chi connectivity index (χ3n) is 5.81. The molecule has 0 atom stereocenters. The number of aryl methyl sites for hydroxylation is 3. The maximum atomic E-state index is 12.7. The molecule has 0 unspecified atom stereocenters. The van der Waals surface area contributed by atoms with Crippen LogP contribution in [0.1, 0.15) is 33.9 Å². The van der Waals surface area contributed by atoms with Crippen molar-refractivity contribution in [1.29, 1.82) is 0 Å². The summed E-state index contributed by atoms with van der Waals surface area (Å²) in [6, 6.07) is 15.2. The second-order valence-electron chi connectivity index (χ2n) is 8.94. The molecular weight excluding hydrogens is 492 g/mol. The van der Waals surface area contributed by atoms with Crippen molar-refractivity contribution in [3.05, 3.63) is 103 Å². The standard InChI is InChI=1S/C27H30N4O7/c1-17-4-8-20(9-5-17)24(21-10-6-18(2)7-11-21)38-27(37)28-12-13-30(16-23(33)34)22(32)15-31-14-19(3)25(35)29-26(31)36/h4-11,14,24H,12-13,15-16H2,1-3H3,(H,28,37)(H,33,34)(H,29,35,36). The second kappa shape index (κ2) is 12.5. The molecule has 3 N–H and O–H groups in total. The molecule has 0 radical (unpaired) electrons. The number of carboxylic acid groups (broad SMARTS) is 1. The predicted molar refractivity (Wildman–Crippen MR) is 139 cm³/mol. The first-order valence-electron chi connectivity index (χ1n) is 11.9. The van der Waals surface area contributed by atoms with E-state index in [1.165, 1.54) is 13.1 Å².